The number of amides is 1. The summed E-state index contributed by atoms with van der Waals surface area (Å²) in [6.07, 6.45) is 1.64. The number of nitrogens with one attached hydrogen (secondary N) is 1. The van der Waals surface area contributed by atoms with Gasteiger partial charge in [0.05, 0.1) is 0 Å². The van der Waals surface area contributed by atoms with E-state index >= 15 is 0 Å². The maximum absolute atomic E-state index is 11.8. The number of para-hydroxylation sites is 1. The van der Waals surface area contributed by atoms with Gasteiger partial charge in [0.1, 0.15) is 4.60 Å². The fourth-order valence-corrected chi connectivity index (χ4v) is 1.89. The summed E-state index contributed by atoms with van der Waals surface area (Å²) >= 11 is 3.26. The number of hydrogen-bond donors (Lipinski definition) is 1. The standard InChI is InChI=1S/C14H13BrN2O2/c1-10-5-2-3-6-11(10)17-13(18)9-19-12-7-4-8-16-14(12)15/h2-8H,9H2,1H3,(H,17,18). The lowest BCUT2D eigenvalue weighted by atomic mass is 10.2. The van der Waals surface area contributed by atoms with Gasteiger partial charge < -0.3 is 10.1 Å². The molecule has 1 N–H and O–H groups in total. The van der Waals surface area contributed by atoms with Gasteiger partial charge in [0.2, 0.25) is 0 Å². The summed E-state index contributed by atoms with van der Waals surface area (Å²) in [6.45, 7) is 1.88. The zero-order chi connectivity index (χ0) is 13.7. The normalized spacial score (nSPS) is 10.0. The third-order valence-electron chi connectivity index (χ3n) is 2.50. The van der Waals surface area contributed by atoms with E-state index in [2.05, 4.69) is 26.2 Å². The molecule has 0 spiro atoms. The first kappa shape index (κ1) is 13.5. The van der Waals surface area contributed by atoms with Gasteiger partial charge in [0.15, 0.2) is 12.4 Å². The Morgan fingerprint density at radius 1 is 1.32 bits per heavy atom. The molecule has 0 aliphatic rings. The van der Waals surface area contributed by atoms with Gasteiger partial charge in [-0.3, -0.25) is 4.79 Å². The van der Waals surface area contributed by atoms with Crippen molar-refractivity contribution in [1.29, 1.82) is 0 Å². The van der Waals surface area contributed by atoms with E-state index in [9.17, 15) is 4.79 Å². The molecule has 1 heterocycles. The van der Waals surface area contributed by atoms with E-state index in [1.54, 1.807) is 18.3 Å². The van der Waals surface area contributed by atoms with E-state index in [-0.39, 0.29) is 12.5 Å². The highest BCUT2D eigenvalue weighted by Crippen LogP contribution is 2.21. The fourth-order valence-electron chi connectivity index (χ4n) is 1.52. The second-order valence-corrected chi connectivity index (χ2v) is 4.70. The molecule has 0 aliphatic carbocycles. The smallest absolute Gasteiger partial charge is 0.262 e. The predicted octanol–water partition coefficient (Wildman–Crippen LogP) is 3.17. The molecule has 98 valence electrons. The second-order valence-electron chi connectivity index (χ2n) is 3.94. The molecule has 2 rings (SSSR count). The summed E-state index contributed by atoms with van der Waals surface area (Å²) < 4.78 is 5.97. The number of aryl methyl sites for hydroxylation is 1. The lowest BCUT2D eigenvalue weighted by Gasteiger charge is -2.09. The van der Waals surface area contributed by atoms with Crippen LogP contribution in [0.25, 0.3) is 0 Å². The summed E-state index contributed by atoms with van der Waals surface area (Å²) in [5.41, 5.74) is 1.81. The lowest BCUT2D eigenvalue weighted by molar-refractivity contribution is -0.118. The van der Waals surface area contributed by atoms with Gasteiger partial charge in [-0.15, -0.1) is 0 Å². The average molecular weight is 321 g/mol. The first-order valence-electron chi connectivity index (χ1n) is 5.75. The van der Waals surface area contributed by atoms with Crippen LogP contribution in [0, 0.1) is 6.92 Å². The van der Waals surface area contributed by atoms with Crippen LogP contribution in [-0.4, -0.2) is 17.5 Å². The maximum Gasteiger partial charge on any atom is 0.262 e. The number of halogens is 1. The van der Waals surface area contributed by atoms with E-state index in [0.717, 1.165) is 11.3 Å². The van der Waals surface area contributed by atoms with Crippen LogP contribution in [0.3, 0.4) is 0 Å². The minimum Gasteiger partial charge on any atom is -0.481 e. The van der Waals surface area contributed by atoms with Crippen molar-refractivity contribution in [3.63, 3.8) is 0 Å². The quantitative estimate of drug-likeness (QED) is 0.880. The number of hydrogen-bond acceptors (Lipinski definition) is 3. The van der Waals surface area contributed by atoms with E-state index in [0.29, 0.717) is 10.4 Å². The number of nitrogens with zero attached hydrogens (tertiary/aromatic N) is 1. The largest absolute Gasteiger partial charge is 0.481 e. The van der Waals surface area contributed by atoms with Crippen molar-refractivity contribution in [3.05, 3.63) is 52.8 Å². The number of carbonyl (C=O) groups excluding carboxylic acids is 1. The molecule has 0 atom stereocenters. The van der Waals surface area contributed by atoms with Crippen LogP contribution < -0.4 is 10.1 Å². The molecule has 0 unspecified atom stereocenters. The van der Waals surface area contributed by atoms with Crippen LogP contribution >= 0.6 is 15.9 Å². The highest BCUT2D eigenvalue weighted by Gasteiger charge is 2.07. The SMILES string of the molecule is Cc1ccccc1NC(=O)COc1cccnc1Br. The Labute approximate surface area is 119 Å². The number of carbonyl (C=O) groups is 1. The molecule has 0 radical (unpaired) electrons. The number of benzene rings is 1. The third kappa shape index (κ3) is 3.79. The molecule has 2 aromatic rings. The molecule has 0 bridgehead atoms. The summed E-state index contributed by atoms with van der Waals surface area (Å²) in [7, 11) is 0. The molecule has 0 saturated carbocycles. The fraction of sp³-hybridized carbons (Fsp3) is 0.143. The molecule has 5 heteroatoms. The molecule has 1 amide bonds. The van der Waals surface area contributed by atoms with Gasteiger partial charge in [-0.05, 0) is 46.6 Å². The number of rotatable bonds is 4. The van der Waals surface area contributed by atoms with Crippen molar-refractivity contribution in [3.8, 4) is 5.75 Å². The van der Waals surface area contributed by atoms with E-state index in [4.69, 9.17) is 4.74 Å². The molecule has 0 aliphatic heterocycles. The van der Waals surface area contributed by atoms with Crippen molar-refractivity contribution in [1.82, 2.24) is 4.98 Å². The molecule has 0 saturated heterocycles. The van der Waals surface area contributed by atoms with Crippen molar-refractivity contribution >= 4 is 27.5 Å². The number of ether oxygens (including phenoxy) is 1. The first-order chi connectivity index (χ1) is 9.16. The summed E-state index contributed by atoms with van der Waals surface area (Å²) in [5, 5.41) is 2.80. The molecular weight excluding hydrogens is 308 g/mol. The maximum atomic E-state index is 11.8. The molecule has 1 aromatic carbocycles. The molecular formula is C14H13BrN2O2. The van der Waals surface area contributed by atoms with E-state index < -0.39 is 0 Å². The van der Waals surface area contributed by atoms with Crippen molar-refractivity contribution in [2.24, 2.45) is 0 Å². The van der Waals surface area contributed by atoms with Gasteiger partial charge in [0, 0.05) is 11.9 Å². The lowest BCUT2D eigenvalue weighted by Crippen LogP contribution is -2.20. The van der Waals surface area contributed by atoms with Crippen LogP contribution in [0.5, 0.6) is 5.75 Å². The predicted molar refractivity (Wildman–Crippen MR) is 77.2 cm³/mol. The molecule has 19 heavy (non-hydrogen) atoms. The van der Waals surface area contributed by atoms with Crippen LogP contribution in [-0.2, 0) is 4.79 Å². The summed E-state index contributed by atoms with van der Waals surface area (Å²) in [5.74, 6) is 0.340. The monoisotopic (exact) mass is 320 g/mol. The highest BCUT2D eigenvalue weighted by molar-refractivity contribution is 9.10. The minimum atomic E-state index is -0.204. The molecule has 0 fully saturated rings. The zero-order valence-corrected chi connectivity index (χ0v) is 12.0. The molecule has 4 nitrogen and oxygen atoms in total. The van der Waals surface area contributed by atoms with E-state index in [1.807, 2.05) is 31.2 Å². The van der Waals surface area contributed by atoms with Crippen molar-refractivity contribution in [2.45, 2.75) is 6.92 Å². The summed E-state index contributed by atoms with van der Waals surface area (Å²) in [4.78, 5) is 15.8. The Morgan fingerprint density at radius 3 is 2.84 bits per heavy atom. The minimum absolute atomic E-state index is 0.0569. The van der Waals surface area contributed by atoms with E-state index in [1.165, 1.54) is 0 Å². The Morgan fingerprint density at radius 2 is 2.11 bits per heavy atom. The number of pyridine rings is 1. The van der Waals surface area contributed by atoms with Gasteiger partial charge in [-0.1, -0.05) is 18.2 Å². The zero-order valence-electron chi connectivity index (χ0n) is 10.4. The molecule has 1 aromatic heterocycles. The van der Waals surface area contributed by atoms with Gasteiger partial charge in [-0.25, -0.2) is 4.98 Å². The third-order valence-corrected chi connectivity index (χ3v) is 3.10. The number of aromatic nitrogens is 1. The first-order valence-corrected chi connectivity index (χ1v) is 6.55. The van der Waals surface area contributed by atoms with Crippen LogP contribution in [0.2, 0.25) is 0 Å². The highest BCUT2D eigenvalue weighted by atomic mass is 79.9. The Balaban J connectivity index is 1.92. The summed E-state index contributed by atoms with van der Waals surface area (Å²) in [6, 6.07) is 11.1. The van der Waals surface area contributed by atoms with Crippen molar-refractivity contribution in [2.75, 3.05) is 11.9 Å². The van der Waals surface area contributed by atoms with Crippen LogP contribution in [0.4, 0.5) is 5.69 Å². The number of anilines is 1. The average Bonchev–Trinajstić information content (AvgIpc) is 2.40. The Hall–Kier alpha value is -1.88. The Bertz CT molecular complexity index is 587. The topological polar surface area (TPSA) is 51.2 Å². The Kier molecular flexibility index (Phi) is 4.52. The van der Waals surface area contributed by atoms with Crippen molar-refractivity contribution < 1.29 is 9.53 Å². The van der Waals surface area contributed by atoms with Gasteiger partial charge in [-0.2, -0.15) is 0 Å². The van der Waals surface area contributed by atoms with Gasteiger partial charge >= 0.3 is 0 Å². The van der Waals surface area contributed by atoms with Crippen LogP contribution in [0.1, 0.15) is 5.56 Å². The van der Waals surface area contributed by atoms with Crippen LogP contribution in [0.15, 0.2) is 47.2 Å². The van der Waals surface area contributed by atoms with Gasteiger partial charge in [0.25, 0.3) is 5.91 Å². The second kappa shape index (κ2) is 6.33.